The van der Waals surface area contributed by atoms with Gasteiger partial charge in [-0.1, -0.05) is 11.6 Å². The van der Waals surface area contributed by atoms with Crippen LogP contribution in [0.1, 0.15) is 5.82 Å². The Balaban J connectivity index is 2.63. The summed E-state index contributed by atoms with van der Waals surface area (Å²) in [6.07, 6.45) is 0. The van der Waals surface area contributed by atoms with Crippen LogP contribution >= 0.6 is 11.6 Å². The number of halogens is 3. The lowest BCUT2D eigenvalue weighted by Gasteiger charge is -2.00. The van der Waals surface area contributed by atoms with E-state index in [0.717, 1.165) is 6.07 Å². The van der Waals surface area contributed by atoms with Gasteiger partial charge in [0, 0.05) is 5.02 Å². The monoisotopic (exact) mass is 227 g/mol. The average molecular weight is 228 g/mol. The first-order valence-electron chi connectivity index (χ1n) is 3.98. The number of rotatable bonds is 1. The highest BCUT2D eigenvalue weighted by Crippen LogP contribution is 2.27. The van der Waals surface area contributed by atoms with Gasteiger partial charge in [-0.3, -0.25) is 0 Å². The molecule has 0 atom stereocenters. The second kappa shape index (κ2) is 3.17. The number of nitriles is 1. The van der Waals surface area contributed by atoms with E-state index >= 15 is 0 Å². The Morgan fingerprint density at radius 1 is 1.47 bits per heavy atom. The van der Waals surface area contributed by atoms with Crippen molar-refractivity contribution in [1.29, 1.82) is 5.26 Å². The Kier molecular flexibility index (Phi) is 2.09. The zero-order valence-electron chi connectivity index (χ0n) is 7.26. The number of hydrogen-bond donors (Lipinski definition) is 1. The van der Waals surface area contributed by atoms with Gasteiger partial charge in [0.25, 0.3) is 0 Å². The quantitative estimate of drug-likeness (QED) is 0.814. The van der Waals surface area contributed by atoms with Crippen molar-refractivity contribution in [2.24, 2.45) is 0 Å². The fourth-order valence-corrected chi connectivity index (χ4v) is 1.36. The van der Waals surface area contributed by atoms with E-state index in [0.29, 0.717) is 16.1 Å². The highest BCUT2D eigenvalue weighted by molar-refractivity contribution is 6.31. The predicted octanol–water partition coefficient (Wildman–Crippen LogP) is 2.83. The molecule has 0 radical (unpaired) electrons. The van der Waals surface area contributed by atoms with Crippen LogP contribution in [0.4, 0.5) is 8.78 Å². The second-order valence-electron chi connectivity index (χ2n) is 2.93. The van der Waals surface area contributed by atoms with Crippen molar-refractivity contribution in [2.45, 2.75) is 5.92 Å². The minimum absolute atomic E-state index is 0.351. The standard InChI is InChI=1S/C9H4ClF2N3/c10-5-1-2-6-7(3-5)15-8(14-6)9(11,12)4-13/h1-3H,(H,14,15). The first kappa shape index (κ1) is 9.87. The van der Waals surface area contributed by atoms with Crippen LogP contribution in [0, 0.1) is 11.3 Å². The van der Waals surface area contributed by atoms with Gasteiger partial charge in [-0.2, -0.15) is 14.0 Å². The van der Waals surface area contributed by atoms with Crippen molar-refractivity contribution in [3.8, 4) is 6.07 Å². The first-order chi connectivity index (χ1) is 7.03. The van der Waals surface area contributed by atoms with Crippen molar-refractivity contribution in [3.05, 3.63) is 29.0 Å². The van der Waals surface area contributed by atoms with Crippen LogP contribution in [0.15, 0.2) is 18.2 Å². The van der Waals surface area contributed by atoms with Gasteiger partial charge in [0.05, 0.1) is 11.0 Å². The molecule has 0 aliphatic rings. The molecule has 0 saturated heterocycles. The summed E-state index contributed by atoms with van der Waals surface area (Å²) in [5.74, 6) is -4.27. The molecule has 0 bridgehead atoms. The summed E-state index contributed by atoms with van der Waals surface area (Å²) >= 11 is 5.68. The molecule has 0 aliphatic carbocycles. The van der Waals surface area contributed by atoms with E-state index in [1.54, 1.807) is 6.07 Å². The highest BCUT2D eigenvalue weighted by atomic mass is 35.5. The summed E-state index contributed by atoms with van der Waals surface area (Å²) in [5.41, 5.74) is 0.733. The number of hydrogen-bond acceptors (Lipinski definition) is 2. The minimum Gasteiger partial charge on any atom is -0.336 e. The van der Waals surface area contributed by atoms with Crippen LogP contribution in [0.3, 0.4) is 0 Å². The number of nitrogens with zero attached hydrogens (tertiary/aromatic N) is 2. The summed E-state index contributed by atoms with van der Waals surface area (Å²) < 4.78 is 25.9. The number of alkyl halides is 2. The third kappa shape index (κ3) is 1.64. The molecule has 0 amide bonds. The molecule has 0 aliphatic heterocycles. The van der Waals surface area contributed by atoms with Crippen molar-refractivity contribution in [1.82, 2.24) is 9.97 Å². The van der Waals surface area contributed by atoms with E-state index in [9.17, 15) is 8.78 Å². The summed E-state index contributed by atoms with van der Waals surface area (Å²) in [5, 5.41) is 8.66. The SMILES string of the molecule is N#CC(F)(F)c1nc2ccc(Cl)cc2[nH]1. The first-order valence-corrected chi connectivity index (χ1v) is 4.35. The lowest BCUT2D eigenvalue weighted by Crippen LogP contribution is -2.11. The largest absolute Gasteiger partial charge is 0.388 e. The molecule has 0 unspecified atom stereocenters. The zero-order valence-corrected chi connectivity index (χ0v) is 8.02. The maximum atomic E-state index is 12.9. The van der Waals surface area contributed by atoms with Crippen molar-refractivity contribution in [2.75, 3.05) is 0 Å². The molecule has 76 valence electrons. The number of H-pyrrole nitrogens is 1. The minimum atomic E-state index is -3.61. The number of imidazole rings is 1. The predicted molar refractivity (Wildman–Crippen MR) is 50.6 cm³/mol. The third-order valence-electron chi connectivity index (χ3n) is 1.88. The summed E-state index contributed by atoms with van der Waals surface area (Å²) in [7, 11) is 0. The molecule has 1 aromatic heterocycles. The molecule has 1 heterocycles. The van der Waals surface area contributed by atoms with Crippen LogP contribution in [-0.2, 0) is 5.92 Å². The molecule has 1 N–H and O–H groups in total. The highest BCUT2D eigenvalue weighted by Gasteiger charge is 2.35. The average Bonchev–Trinajstić information content (AvgIpc) is 2.61. The van der Waals surface area contributed by atoms with Gasteiger partial charge in [-0.15, -0.1) is 0 Å². The fourth-order valence-electron chi connectivity index (χ4n) is 1.18. The van der Waals surface area contributed by atoms with E-state index in [2.05, 4.69) is 9.97 Å². The topological polar surface area (TPSA) is 52.5 Å². The molecular weight excluding hydrogens is 224 g/mol. The van der Waals surface area contributed by atoms with Crippen LogP contribution in [-0.4, -0.2) is 9.97 Å². The number of benzene rings is 1. The van der Waals surface area contributed by atoms with Gasteiger partial charge in [0.15, 0.2) is 5.82 Å². The van der Waals surface area contributed by atoms with Crippen LogP contribution in [0.25, 0.3) is 11.0 Å². The number of fused-ring (bicyclic) bond motifs is 1. The Morgan fingerprint density at radius 2 is 2.20 bits per heavy atom. The zero-order chi connectivity index (χ0) is 11.1. The lowest BCUT2D eigenvalue weighted by atomic mass is 10.3. The lowest BCUT2D eigenvalue weighted by molar-refractivity contribution is 0.0523. The van der Waals surface area contributed by atoms with Gasteiger partial charge in [0.1, 0.15) is 6.07 Å². The molecule has 6 heteroatoms. The second-order valence-corrected chi connectivity index (χ2v) is 3.37. The molecule has 0 spiro atoms. The molecule has 0 saturated carbocycles. The third-order valence-corrected chi connectivity index (χ3v) is 2.12. The summed E-state index contributed by atoms with van der Waals surface area (Å²) in [6.45, 7) is 0. The van der Waals surface area contributed by atoms with Crippen LogP contribution in [0.5, 0.6) is 0 Å². The normalized spacial score (nSPS) is 11.6. The molecule has 2 rings (SSSR count). The van der Waals surface area contributed by atoms with Crippen LogP contribution in [0.2, 0.25) is 5.02 Å². The van der Waals surface area contributed by atoms with Crippen molar-refractivity contribution < 1.29 is 8.78 Å². The van der Waals surface area contributed by atoms with E-state index in [1.807, 2.05) is 0 Å². The van der Waals surface area contributed by atoms with Crippen molar-refractivity contribution in [3.63, 3.8) is 0 Å². The van der Waals surface area contributed by atoms with E-state index < -0.39 is 11.7 Å². The summed E-state index contributed by atoms with van der Waals surface area (Å²) in [4.78, 5) is 5.97. The van der Waals surface area contributed by atoms with Crippen molar-refractivity contribution >= 4 is 22.6 Å². The Morgan fingerprint density at radius 3 is 2.87 bits per heavy atom. The number of nitrogens with one attached hydrogen (secondary N) is 1. The van der Waals surface area contributed by atoms with E-state index in [4.69, 9.17) is 16.9 Å². The van der Waals surface area contributed by atoms with Gasteiger partial charge in [-0.05, 0) is 18.2 Å². The van der Waals surface area contributed by atoms with Crippen LogP contribution < -0.4 is 0 Å². The maximum absolute atomic E-state index is 12.9. The Bertz CT molecular complexity index is 556. The summed E-state index contributed by atoms with van der Waals surface area (Å²) in [6, 6.07) is 5.39. The molecule has 1 aromatic carbocycles. The molecule has 2 aromatic rings. The molecule has 15 heavy (non-hydrogen) atoms. The maximum Gasteiger partial charge on any atom is 0.388 e. The number of aromatic nitrogens is 2. The smallest absolute Gasteiger partial charge is 0.336 e. The molecular formula is C9H4ClF2N3. The van der Waals surface area contributed by atoms with E-state index in [1.165, 1.54) is 12.1 Å². The number of aromatic amines is 1. The van der Waals surface area contributed by atoms with Gasteiger partial charge in [0.2, 0.25) is 0 Å². The van der Waals surface area contributed by atoms with Gasteiger partial charge in [-0.25, -0.2) is 4.98 Å². The Labute approximate surface area is 88.3 Å². The molecule has 0 fully saturated rings. The molecule has 3 nitrogen and oxygen atoms in total. The fraction of sp³-hybridized carbons (Fsp3) is 0.111. The van der Waals surface area contributed by atoms with Gasteiger partial charge < -0.3 is 4.98 Å². The van der Waals surface area contributed by atoms with E-state index in [-0.39, 0.29) is 0 Å². The van der Waals surface area contributed by atoms with Gasteiger partial charge >= 0.3 is 5.92 Å². The Hall–Kier alpha value is -1.67.